The van der Waals surface area contributed by atoms with Crippen LogP contribution in [-0.4, -0.2) is 58.3 Å². The lowest BCUT2D eigenvalue weighted by Crippen LogP contribution is -2.58. The van der Waals surface area contributed by atoms with Crippen LogP contribution in [0.1, 0.15) is 44.9 Å². The molecule has 0 spiro atoms. The van der Waals surface area contributed by atoms with Crippen molar-refractivity contribution in [1.29, 1.82) is 0 Å². The quantitative estimate of drug-likeness (QED) is 0.494. The Morgan fingerprint density at radius 1 is 1.17 bits per heavy atom. The number of hydrogen-bond donors (Lipinski definition) is 4. The summed E-state index contributed by atoms with van der Waals surface area (Å²) >= 11 is 0. The largest absolute Gasteiger partial charge is 0.480 e. The molecule has 0 aromatic carbocycles. The molecule has 0 bridgehead atoms. The molecule has 1 saturated heterocycles. The molecule has 9 heteroatoms. The predicted molar refractivity (Wildman–Crippen MR) is 99.8 cm³/mol. The highest BCUT2D eigenvalue weighted by atomic mass is 35.5. The summed E-state index contributed by atoms with van der Waals surface area (Å²) in [4.78, 5) is 14.1. The number of carbonyl (C=O) groups is 1. The molecule has 3 atom stereocenters. The Hall–Kier alpha value is -0.0451. The van der Waals surface area contributed by atoms with Crippen LogP contribution >= 0.6 is 24.8 Å². The van der Waals surface area contributed by atoms with E-state index >= 15 is 0 Å². The predicted octanol–water partition coefficient (Wildman–Crippen LogP) is 1.38. The molecule has 0 radical (unpaired) electrons. The molecule has 1 aliphatic carbocycles. The van der Waals surface area contributed by atoms with E-state index in [0.717, 1.165) is 38.9 Å². The van der Waals surface area contributed by atoms with Crippen molar-refractivity contribution in [3.63, 3.8) is 0 Å². The molecule has 1 saturated carbocycles. The molecule has 5 N–H and O–H groups in total. The summed E-state index contributed by atoms with van der Waals surface area (Å²) in [5, 5.41) is 27.6. The topological polar surface area (TPSA) is 107 Å². The molecule has 0 aromatic rings. The van der Waals surface area contributed by atoms with Gasteiger partial charge in [0.1, 0.15) is 5.54 Å². The first kappa shape index (κ1) is 24.0. The molecule has 24 heavy (non-hydrogen) atoms. The number of carboxylic acids is 1. The van der Waals surface area contributed by atoms with Gasteiger partial charge in [0.2, 0.25) is 0 Å². The molecule has 1 aliphatic heterocycles. The first-order valence-corrected chi connectivity index (χ1v) is 8.52. The van der Waals surface area contributed by atoms with E-state index in [2.05, 4.69) is 4.90 Å². The third-order valence-electron chi connectivity index (χ3n) is 5.50. The lowest BCUT2D eigenvalue weighted by Gasteiger charge is -2.42. The summed E-state index contributed by atoms with van der Waals surface area (Å²) in [5.74, 6) is -0.722. The van der Waals surface area contributed by atoms with Crippen molar-refractivity contribution in [3.8, 4) is 0 Å². The van der Waals surface area contributed by atoms with E-state index < -0.39 is 18.6 Å². The number of rotatable bonds is 7. The van der Waals surface area contributed by atoms with Gasteiger partial charge in [-0.05, 0) is 69.9 Å². The fourth-order valence-electron chi connectivity index (χ4n) is 4.08. The number of aliphatic carboxylic acids is 1. The second kappa shape index (κ2) is 10.8. The molecule has 142 valence electrons. The van der Waals surface area contributed by atoms with Gasteiger partial charge < -0.3 is 25.8 Å². The lowest BCUT2D eigenvalue weighted by molar-refractivity contribution is -0.148. The monoisotopic (exact) mass is 384 g/mol. The number of likely N-dealkylation sites (tertiary alicyclic amines) is 1. The zero-order chi connectivity index (χ0) is 16.2. The van der Waals surface area contributed by atoms with E-state index in [4.69, 9.17) is 15.8 Å². The highest BCUT2D eigenvalue weighted by molar-refractivity contribution is 6.40. The summed E-state index contributed by atoms with van der Waals surface area (Å²) in [6.07, 6.45) is 6.44. The van der Waals surface area contributed by atoms with Gasteiger partial charge in [0.05, 0.1) is 0 Å². The molecule has 2 rings (SSSR count). The van der Waals surface area contributed by atoms with Gasteiger partial charge in [0.25, 0.3) is 0 Å². The summed E-state index contributed by atoms with van der Waals surface area (Å²) in [6.45, 7) is 3.18. The molecule has 6 nitrogen and oxygen atoms in total. The van der Waals surface area contributed by atoms with E-state index in [1.165, 1.54) is 12.8 Å². The maximum Gasteiger partial charge on any atom is 0.451 e. The van der Waals surface area contributed by atoms with E-state index in [1.54, 1.807) is 0 Å². The molecule has 1 heterocycles. The highest BCUT2D eigenvalue weighted by Crippen LogP contribution is 2.40. The van der Waals surface area contributed by atoms with Crippen LogP contribution in [0, 0.1) is 11.8 Å². The van der Waals surface area contributed by atoms with Crippen molar-refractivity contribution in [2.45, 2.75) is 56.8 Å². The fraction of sp³-hybridized carbons (Fsp3) is 0.933. The molecule has 0 amide bonds. The SMILES string of the molecule is Cl.Cl.NC1(C(=O)O)C[C@H](CCB(O)O)CCC1CCN1CCCC1. The fourth-order valence-corrected chi connectivity index (χ4v) is 4.08. The van der Waals surface area contributed by atoms with Gasteiger partial charge in [-0.25, -0.2) is 0 Å². The Bertz CT molecular complexity index is 386. The van der Waals surface area contributed by atoms with Crippen molar-refractivity contribution < 1.29 is 19.9 Å². The average molecular weight is 385 g/mol. The zero-order valence-corrected chi connectivity index (χ0v) is 15.7. The van der Waals surface area contributed by atoms with Crippen LogP contribution in [0.15, 0.2) is 0 Å². The maximum atomic E-state index is 11.7. The van der Waals surface area contributed by atoms with Gasteiger partial charge in [0.15, 0.2) is 0 Å². The Labute approximate surface area is 157 Å². The molecular formula is C15H31BCl2N2O4. The van der Waals surface area contributed by atoms with Gasteiger partial charge in [0, 0.05) is 0 Å². The minimum atomic E-state index is -1.31. The minimum absolute atomic E-state index is 0. The van der Waals surface area contributed by atoms with Crippen molar-refractivity contribution >= 4 is 37.9 Å². The standard InChI is InChI=1S/C15H29BN2O4.2ClH/c17-15(14(19)20)11-12(5-7-16(21)22)3-4-13(15)6-10-18-8-1-2-9-18;;/h12-13,21-22H,1-11,17H2,(H,19,20);2*1H/t12-,13?,15?;;/m0../s1. The lowest BCUT2D eigenvalue weighted by atomic mass is 9.65. The van der Waals surface area contributed by atoms with Crippen LogP contribution < -0.4 is 5.73 Å². The van der Waals surface area contributed by atoms with Crippen LogP contribution in [0.25, 0.3) is 0 Å². The van der Waals surface area contributed by atoms with Gasteiger partial charge in [-0.1, -0.05) is 12.8 Å². The average Bonchev–Trinajstić information content (AvgIpc) is 2.97. The first-order valence-electron chi connectivity index (χ1n) is 8.52. The maximum absolute atomic E-state index is 11.7. The highest BCUT2D eigenvalue weighted by Gasteiger charge is 2.46. The molecule has 0 aromatic heterocycles. The molecule has 2 unspecified atom stereocenters. The van der Waals surface area contributed by atoms with Gasteiger partial charge in [-0.15, -0.1) is 24.8 Å². The second-order valence-corrected chi connectivity index (χ2v) is 7.09. The Morgan fingerprint density at radius 3 is 2.33 bits per heavy atom. The summed E-state index contributed by atoms with van der Waals surface area (Å²) in [6, 6.07) is 0. The van der Waals surface area contributed by atoms with Gasteiger partial charge in [-0.2, -0.15) is 0 Å². The van der Waals surface area contributed by atoms with Crippen molar-refractivity contribution in [3.05, 3.63) is 0 Å². The Balaban J connectivity index is 0.00000264. The van der Waals surface area contributed by atoms with Crippen molar-refractivity contribution in [2.75, 3.05) is 19.6 Å². The normalized spacial score (nSPS) is 30.3. The summed E-state index contributed by atoms with van der Waals surface area (Å²) in [5.41, 5.74) is 5.12. The third kappa shape index (κ3) is 6.35. The van der Waals surface area contributed by atoms with Gasteiger partial charge >= 0.3 is 13.1 Å². The van der Waals surface area contributed by atoms with E-state index in [0.29, 0.717) is 19.2 Å². The summed E-state index contributed by atoms with van der Waals surface area (Å²) in [7, 11) is -1.31. The van der Waals surface area contributed by atoms with Crippen LogP contribution in [-0.2, 0) is 4.79 Å². The second-order valence-electron chi connectivity index (χ2n) is 7.09. The van der Waals surface area contributed by atoms with Crippen LogP contribution in [0.2, 0.25) is 6.32 Å². The zero-order valence-electron chi connectivity index (χ0n) is 14.1. The smallest absolute Gasteiger partial charge is 0.451 e. The Morgan fingerprint density at radius 2 is 1.79 bits per heavy atom. The van der Waals surface area contributed by atoms with Gasteiger partial charge in [-0.3, -0.25) is 4.79 Å². The van der Waals surface area contributed by atoms with E-state index in [9.17, 15) is 9.90 Å². The number of hydrogen-bond acceptors (Lipinski definition) is 5. The number of nitrogens with two attached hydrogens (primary N) is 1. The number of halogens is 2. The minimum Gasteiger partial charge on any atom is -0.480 e. The first-order chi connectivity index (χ1) is 10.4. The number of carboxylic acid groups (broad SMARTS) is 1. The van der Waals surface area contributed by atoms with Crippen LogP contribution in [0.3, 0.4) is 0 Å². The molecule has 2 fully saturated rings. The third-order valence-corrected chi connectivity index (χ3v) is 5.50. The van der Waals surface area contributed by atoms with Crippen LogP contribution in [0.5, 0.6) is 0 Å². The van der Waals surface area contributed by atoms with E-state index in [1.807, 2.05) is 0 Å². The van der Waals surface area contributed by atoms with Crippen molar-refractivity contribution in [1.82, 2.24) is 4.90 Å². The van der Waals surface area contributed by atoms with Crippen LogP contribution in [0.4, 0.5) is 0 Å². The van der Waals surface area contributed by atoms with E-state index in [-0.39, 0.29) is 36.6 Å². The molecular weight excluding hydrogens is 354 g/mol. The Kier molecular flexibility index (Phi) is 10.8. The van der Waals surface area contributed by atoms with Crippen molar-refractivity contribution in [2.24, 2.45) is 17.6 Å². The number of nitrogens with zero attached hydrogens (tertiary/aromatic N) is 1. The summed E-state index contributed by atoms with van der Waals surface area (Å²) < 4.78 is 0. The molecule has 2 aliphatic rings.